The monoisotopic (exact) mass is 502 g/mol. The predicted octanol–water partition coefficient (Wildman–Crippen LogP) is 3.00. The van der Waals surface area contributed by atoms with Crippen LogP contribution in [0.4, 0.5) is 10.2 Å². The van der Waals surface area contributed by atoms with Gasteiger partial charge in [-0.3, -0.25) is 9.79 Å². The molecular formula is C26H23FN6O4. The Morgan fingerprint density at radius 1 is 1.35 bits per heavy atom. The highest BCUT2D eigenvalue weighted by molar-refractivity contribution is 5.95. The average molecular weight is 503 g/mol. The Morgan fingerprint density at radius 2 is 2.11 bits per heavy atom. The van der Waals surface area contributed by atoms with Crippen LogP contribution in [0.2, 0.25) is 0 Å². The lowest BCUT2D eigenvalue weighted by Gasteiger charge is -2.19. The van der Waals surface area contributed by atoms with Crippen LogP contribution in [0, 0.1) is 23.1 Å². The van der Waals surface area contributed by atoms with Gasteiger partial charge in [0.25, 0.3) is 0 Å². The Hall–Kier alpha value is -4.59. The van der Waals surface area contributed by atoms with Crippen LogP contribution in [0.3, 0.4) is 0 Å². The Kier molecular flexibility index (Phi) is 6.40. The number of rotatable bonds is 7. The van der Waals surface area contributed by atoms with E-state index in [1.54, 1.807) is 39.9 Å². The van der Waals surface area contributed by atoms with Crippen LogP contribution in [0.25, 0.3) is 11.0 Å². The Morgan fingerprint density at radius 3 is 2.76 bits per heavy atom. The molecule has 188 valence electrons. The molecule has 0 bridgehead atoms. The number of aromatic nitrogens is 2. The molecular weight excluding hydrogens is 479 g/mol. The van der Waals surface area contributed by atoms with E-state index in [0.29, 0.717) is 24.4 Å². The maximum atomic E-state index is 15.3. The minimum absolute atomic E-state index is 0.0283. The molecule has 0 spiro atoms. The molecule has 1 unspecified atom stereocenters. The number of aromatic carboxylic acids is 1. The van der Waals surface area contributed by atoms with Crippen LogP contribution >= 0.6 is 0 Å². The first-order chi connectivity index (χ1) is 17.9. The summed E-state index contributed by atoms with van der Waals surface area (Å²) in [7, 11) is 1.44. The Labute approximate surface area is 210 Å². The zero-order valence-corrected chi connectivity index (χ0v) is 20.0. The first-order valence-electron chi connectivity index (χ1n) is 11.7. The number of carbonyl (C=O) groups is 1. The van der Waals surface area contributed by atoms with Crippen molar-refractivity contribution in [1.29, 1.82) is 5.26 Å². The highest BCUT2D eigenvalue weighted by Crippen LogP contribution is 2.37. The number of pyridine rings is 2. The first kappa shape index (κ1) is 24.1. The molecule has 1 aromatic carbocycles. The quantitative estimate of drug-likeness (QED) is 0.388. The molecule has 3 aromatic rings. The standard InChI is InChI=1S/C26H23FN6O4/c1-37-31-22-14-32(12-17(22)11-29-10-16-4-2-15(9-28)3-5-16)25-21(27)8-19-23(34)20(26(35)36)13-33(18-6-7-18)24(19)30-25/h2-5,8,10,13,17-18H,6-7,11-12,14H2,1H3,(H,35,36). The van der Waals surface area contributed by atoms with Crippen LogP contribution < -0.4 is 10.3 Å². The van der Waals surface area contributed by atoms with E-state index in [1.165, 1.54) is 13.3 Å². The second kappa shape index (κ2) is 9.81. The molecule has 11 heteroatoms. The molecule has 1 atom stereocenters. The first-order valence-corrected chi connectivity index (χ1v) is 11.7. The van der Waals surface area contributed by atoms with Gasteiger partial charge in [0.1, 0.15) is 18.3 Å². The van der Waals surface area contributed by atoms with E-state index in [1.807, 2.05) is 0 Å². The second-order valence-electron chi connectivity index (χ2n) is 9.05. The molecule has 1 saturated heterocycles. The van der Waals surface area contributed by atoms with Crippen molar-refractivity contribution in [2.24, 2.45) is 16.1 Å². The van der Waals surface area contributed by atoms with Crippen molar-refractivity contribution in [3.8, 4) is 6.07 Å². The molecule has 37 heavy (non-hydrogen) atoms. The highest BCUT2D eigenvalue weighted by Gasteiger charge is 2.33. The van der Waals surface area contributed by atoms with Crippen molar-refractivity contribution in [2.45, 2.75) is 18.9 Å². The molecule has 3 heterocycles. The lowest BCUT2D eigenvalue weighted by Crippen LogP contribution is -2.25. The van der Waals surface area contributed by atoms with Crippen molar-refractivity contribution in [1.82, 2.24) is 9.55 Å². The third kappa shape index (κ3) is 4.78. The largest absolute Gasteiger partial charge is 0.477 e. The summed E-state index contributed by atoms with van der Waals surface area (Å²) in [6.07, 6.45) is 4.68. The van der Waals surface area contributed by atoms with E-state index >= 15 is 4.39 Å². The van der Waals surface area contributed by atoms with Gasteiger partial charge in [-0.2, -0.15) is 5.26 Å². The normalized spacial score (nSPS) is 18.6. The van der Waals surface area contributed by atoms with Crippen molar-refractivity contribution < 1.29 is 19.1 Å². The molecule has 1 aliphatic carbocycles. The lowest BCUT2D eigenvalue weighted by atomic mass is 10.1. The summed E-state index contributed by atoms with van der Waals surface area (Å²) in [5.74, 6) is -2.17. The van der Waals surface area contributed by atoms with E-state index in [9.17, 15) is 14.7 Å². The number of fused-ring (bicyclic) bond motifs is 1. The number of anilines is 1. The predicted molar refractivity (Wildman–Crippen MR) is 135 cm³/mol. The van der Waals surface area contributed by atoms with Gasteiger partial charge in [-0.15, -0.1) is 0 Å². The van der Waals surface area contributed by atoms with Gasteiger partial charge >= 0.3 is 5.97 Å². The molecule has 5 rings (SSSR count). The van der Waals surface area contributed by atoms with Gasteiger partial charge < -0.3 is 19.4 Å². The maximum absolute atomic E-state index is 15.3. The zero-order chi connectivity index (χ0) is 26.1. The molecule has 2 aliphatic rings. The van der Waals surface area contributed by atoms with Gasteiger partial charge in [-0.1, -0.05) is 17.3 Å². The van der Waals surface area contributed by atoms with Crippen molar-refractivity contribution >= 4 is 34.7 Å². The van der Waals surface area contributed by atoms with Crippen LogP contribution in [0.15, 0.2) is 51.5 Å². The summed E-state index contributed by atoms with van der Waals surface area (Å²) in [4.78, 5) is 40.1. The summed E-state index contributed by atoms with van der Waals surface area (Å²) in [5.41, 5.74) is 1.21. The van der Waals surface area contributed by atoms with Crippen LogP contribution in [-0.4, -0.2) is 59.3 Å². The van der Waals surface area contributed by atoms with Crippen molar-refractivity contribution in [3.05, 3.63) is 69.3 Å². The Bertz CT molecular complexity index is 1540. The van der Waals surface area contributed by atoms with E-state index in [2.05, 4.69) is 21.2 Å². The number of nitrogens with zero attached hydrogens (tertiary/aromatic N) is 6. The van der Waals surface area contributed by atoms with Gasteiger partial charge in [0.2, 0.25) is 5.43 Å². The second-order valence-corrected chi connectivity index (χ2v) is 9.05. The number of benzene rings is 1. The number of aliphatic imine (C=N–C) groups is 1. The number of oxime groups is 1. The number of hydrogen-bond donors (Lipinski definition) is 1. The summed E-state index contributed by atoms with van der Waals surface area (Å²) >= 11 is 0. The molecule has 0 radical (unpaired) electrons. The molecule has 1 saturated carbocycles. The average Bonchev–Trinajstić information content (AvgIpc) is 3.66. The highest BCUT2D eigenvalue weighted by atomic mass is 19.1. The number of carboxylic acid groups (broad SMARTS) is 1. The zero-order valence-electron chi connectivity index (χ0n) is 20.0. The summed E-state index contributed by atoms with van der Waals surface area (Å²) in [6, 6.07) is 10.2. The van der Waals surface area contributed by atoms with E-state index in [4.69, 9.17) is 10.1 Å². The summed E-state index contributed by atoms with van der Waals surface area (Å²) in [6.45, 7) is 1.02. The molecule has 2 aromatic heterocycles. The molecule has 1 N–H and O–H groups in total. The van der Waals surface area contributed by atoms with Crippen LogP contribution in [0.5, 0.6) is 0 Å². The molecule has 10 nitrogen and oxygen atoms in total. The lowest BCUT2D eigenvalue weighted by molar-refractivity contribution is 0.0695. The van der Waals surface area contributed by atoms with E-state index in [-0.39, 0.29) is 35.4 Å². The van der Waals surface area contributed by atoms with Gasteiger partial charge in [0, 0.05) is 37.5 Å². The SMILES string of the molecule is CON=C1CN(c2nc3c(cc2F)c(=O)c(C(=O)O)cn3C2CC2)CC1CN=Cc1ccc(C#N)cc1. The third-order valence-corrected chi connectivity index (χ3v) is 6.49. The smallest absolute Gasteiger partial charge is 0.341 e. The number of halogens is 1. The van der Waals surface area contributed by atoms with E-state index in [0.717, 1.165) is 24.5 Å². The fourth-order valence-electron chi connectivity index (χ4n) is 4.48. The van der Waals surface area contributed by atoms with Crippen LogP contribution in [0.1, 0.15) is 40.4 Å². The third-order valence-electron chi connectivity index (χ3n) is 6.49. The minimum atomic E-state index is -1.35. The molecule has 0 amide bonds. The van der Waals surface area contributed by atoms with Crippen LogP contribution in [-0.2, 0) is 4.84 Å². The molecule has 2 fully saturated rings. The van der Waals surface area contributed by atoms with Crippen molar-refractivity contribution in [3.63, 3.8) is 0 Å². The van der Waals surface area contributed by atoms with E-state index < -0.39 is 22.8 Å². The summed E-state index contributed by atoms with van der Waals surface area (Å²) in [5, 5.41) is 22.4. The maximum Gasteiger partial charge on any atom is 0.341 e. The van der Waals surface area contributed by atoms with Gasteiger partial charge in [0.05, 0.1) is 29.3 Å². The number of nitriles is 1. The topological polar surface area (TPSA) is 133 Å². The Balaban J connectivity index is 1.44. The van der Waals surface area contributed by atoms with Gasteiger partial charge in [-0.25, -0.2) is 14.2 Å². The minimum Gasteiger partial charge on any atom is -0.477 e. The fraction of sp³-hybridized carbons (Fsp3) is 0.308. The number of hydrogen-bond acceptors (Lipinski definition) is 8. The van der Waals surface area contributed by atoms with Gasteiger partial charge in [-0.05, 0) is 36.6 Å². The van der Waals surface area contributed by atoms with Gasteiger partial charge in [0.15, 0.2) is 11.6 Å². The molecule has 1 aliphatic heterocycles. The fourth-order valence-corrected chi connectivity index (χ4v) is 4.48. The number of carboxylic acids is 1. The van der Waals surface area contributed by atoms with Crippen molar-refractivity contribution in [2.75, 3.05) is 31.6 Å². The summed E-state index contributed by atoms with van der Waals surface area (Å²) < 4.78 is 17.0.